The molecule has 11 heteroatoms. The molecule has 0 spiro atoms. The summed E-state index contributed by atoms with van der Waals surface area (Å²) in [4.78, 5) is 39.7. The number of rotatable bonds is 7. The Labute approximate surface area is 193 Å². The number of aliphatic hydroxyl groups excluding tert-OH is 1. The summed E-state index contributed by atoms with van der Waals surface area (Å²) in [6.07, 6.45) is 1.93. The molecule has 32 heavy (non-hydrogen) atoms. The van der Waals surface area contributed by atoms with Crippen LogP contribution in [0.3, 0.4) is 0 Å². The van der Waals surface area contributed by atoms with Gasteiger partial charge in [0.15, 0.2) is 5.69 Å². The van der Waals surface area contributed by atoms with E-state index >= 15 is 0 Å². The van der Waals surface area contributed by atoms with Crippen molar-refractivity contribution in [3.05, 3.63) is 30.0 Å². The van der Waals surface area contributed by atoms with E-state index in [2.05, 4.69) is 10.4 Å². The first-order valence-corrected chi connectivity index (χ1v) is 11.3. The van der Waals surface area contributed by atoms with Crippen LogP contribution in [0.5, 0.6) is 0 Å². The lowest BCUT2D eigenvalue weighted by atomic mass is 10.1. The maximum absolute atomic E-state index is 13.3. The minimum atomic E-state index is -0.937. The third kappa shape index (κ3) is 3.62. The molecule has 2 saturated carbocycles. The fourth-order valence-corrected chi connectivity index (χ4v) is 5.55. The number of para-hydroxylation sites is 1. The van der Waals surface area contributed by atoms with Gasteiger partial charge >= 0.3 is 0 Å². The molecule has 1 unspecified atom stereocenters. The monoisotopic (exact) mass is 479 g/mol. The number of fused-ring (bicyclic) bond motifs is 2. The van der Waals surface area contributed by atoms with Crippen LogP contribution in [0.2, 0.25) is 0 Å². The van der Waals surface area contributed by atoms with E-state index in [0.717, 1.165) is 6.42 Å². The van der Waals surface area contributed by atoms with Crippen molar-refractivity contribution < 1.29 is 19.5 Å². The summed E-state index contributed by atoms with van der Waals surface area (Å²) in [6, 6.07) is 5.89. The highest BCUT2D eigenvalue weighted by Gasteiger charge is 2.58. The fraction of sp³-hybridized carbons (Fsp3) is 0.524. The summed E-state index contributed by atoms with van der Waals surface area (Å²) in [6.45, 7) is -0.389. The van der Waals surface area contributed by atoms with Crippen LogP contribution in [-0.4, -0.2) is 66.6 Å². The summed E-state index contributed by atoms with van der Waals surface area (Å²) in [7, 11) is 0. The first-order valence-electron chi connectivity index (χ1n) is 10.6. The van der Waals surface area contributed by atoms with Gasteiger partial charge in [-0.1, -0.05) is 18.2 Å². The zero-order valence-corrected chi connectivity index (χ0v) is 18.6. The molecule has 2 aliphatic carbocycles. The molecule has 5 rings (SSSR count). The number of carbonyl (C=O) groups is 3. The van der Waals surface area contributed by atoms with Gasteiger partial charge in [-0.3, -0.25) is 19.1 Å². The summed E-state index contributed by atoms with van der Waals surface area (Å²) in [5, 5.41) is 17.3. The predicted octanol–water partition coefficient (Wildman–Crippen LogP) is 0.796. The van der Waals surface area contributed by atoms with Crippen LogP contribution in [0, 0.1) is 11.8 Å². The number of nitrogens with zero attached hydrogens (tertiary/aromatic N) is 3. The summed E-state index contributed by atoms with van der Waals surface area (Å²) >= 11 is 12.2. The van der Waals surface area contributed by atoms with Crippen LogP contribution < -0.4 is 11.1 Å². The maximum Gasteiger partial charge on any atom is 0.269 e. The lowest BCUT2D eigenvalue weighted by Gasteiger charge is -2.28. The highest BCUT2D eigenvalue weighted by Crippen LogP contribution is 2.55. The second-order valence-electron chi connectivity index (χ2n) is 8.87. The number of alkyl halides is 2. The third-order valence-electron chi connectivity index (χ3n) is 6.76. The number of benzene rings is 1. The van der Waals surface area contributed by atoms with Crippen molar-refractivity contribution in [1.29, 1.82) is 0 Å². The Kier molecular flexibility index (Phi) is 5.11. The molecule has 2 heterocycles. The average molecular weight is 480 g/mol. The van der Waals surface area contributed by atoms with Crippen LogP contribution in [0.4, 0.5) is 0 Å². The number of primary amides is 1. The number of amides is 3. The normalized spacial score (nSPS) is 28.3. The van der Waals surface area contributed by atoms with Gasteiger partial charge in [0, 0.05) is 17.3 Å². The fourth-order valence-electron chi connectivity index (χ4n) is 4.91. The van der Waals surface area contributed by atoms with Gasteiger partial charge in [-0.05, 0) is 31.2 Å². The Bertz CT molecular complexity index is 1120. The number of halogens is 2. The first kappa shape index (κ1) is 21.5. The van der Waals surface area contributed by atoms with E-state index in [1.54, 1.807) is 29.2 Å². The van der Waals surface area contributed by atoms with E-state index in [1.165, 1.54) is 4.68 Å². The van der Waals surface area contributed by atoms with Crippen LogP contribution in [0.1, 0.15) is 29.8 Å². The van der Waals surface area contributed by atoms with E-state index in [4.69, 9.17) is 28.9 Å². The molecule has 0 bridgehead atoms. The van der Waals surface area contributed by atoms with Gasteiger partial charge < -0.3 is 21.1 Å². The number of aliphatic hydroxyl groups is 1. The minimum Gasteiger partial charge on any atom is -0.394 e. The first-order chi connectivity index (χ1) is 15.2. The van der Waals surface area contributed by atoms with Gasteiger partial charge in [-0.25, -0.2) is 0 Å². The van der Waals surface area contributed by atoms with Crippen molar-refractivity contribution in [3.8, 4) is 0 Å². The number of aromatic nitrogens is 2. The molecule has 0 radical (unpaired) electrons. The van der Waals surface area contributed by atoms with Crippen LogP contribution in [-0.2, 0) is 16.1 Å². The number of carbonyl (C=O) groups excluding carboxylic acids is 3. The van der Waals surface area contributed by atoms with Gasteiger partial charge in [-0.15, -0.1) is 23.2 Å². The van der Waals surface area contributed by atoms with Gasteiger partial charge in [0.25, 0.3) is 5.91 Å². The van der Waals surface area contributed by atoms with E-state index in [1.807, 2.05) is 0 Å². The quantitative estimate of drug-likeness (QED) is 0.505. The zero-order chi connectivity index (χ0) is 22.8. The zero-order valence-electron chi connectivity index (χ0n) is 17.1. The van der Waals surface area contributed by atoms with Crippen molar-refractivity contribution in [1.82, 2.24) is 20.0 Å². The topological polar surface area (TPSA) is 131 Å². The number of nitrogens with two attached hydrogens (primary N) is 1. The Morgan fingerprint density at radius 2 is 2.00 bits per heavy atom. The van der Waals surface area contributed by atoms with Crippen molar-refractivity contribution in [3.63, 3.8) is 0 Å². The van der Waals surface area contributed by atoms with Gasteiger partial charge in [-0.2, -0.15) is 5.10 Å². The number of likely N-dealkylation sites (tertiary alicyclic amines) is 1. The molecule has 1 aliphatic heterocycles. The molecule has 2 aromatic rings. The molecule has 1 aromatic carbocycles. The second kappa shape index (κ2) is 7.60. The summed E-state index contributed by atoms with van der Waals surface area (Å²) < 4.78 is 0.520. The molecular formula is C21H23Cl2N5O4. The molecule has 9 nitrogen and oxygen atoms in total. The van der Waals surface area contributed by atoms with Crippen molar-refractivity contribution >= 4 is 51.8 Å². The van der Waals surface area contributed by atoms with Gasteiger partial charge in [0.1, 0.15) is 16.9 Å². The van der Waals surface area contributed by atoms with Crippen LogP contribution >= 0.6 is 23.2 Å². The predicted molar refractivity (Wildman–Crippen MR) is 117 cm³/mol. The molecule has 170 valence electrons. The largest absolute Gasteiger partial charge is 0.394 e. The standard InChI is InChI=1S/C21H23Cl2N5O4/c22-21(23)7-12(21)13(9-29)25-20(32)16-6-10-5-15(10)28(16)17(30)8-27-14-4-2-1-3-11(14)18(26-27)19(24)31/h1-4,10,12-13,15-16,29H,5-9H2,(H2,24,31)(H,25,32)/t10-,12?,13+,15-,16+/m1/s1. The van der Waals surface area contributed by atoms with Crippen LogP contribution in [0.25, 0.3) is 10.9 Å². The maximum atomic E-state index is 13.3. The van der Waals surface area contributed by atoms with E-state index in [9.17, 15) is 19.5 Å². The van der Waals surface area contributed by atoms with Crippen LogP contribution in [0.15, 0.2) is 24.3 Å². The number of piperidine rings is 1. The highest BCUT2D eigenvalue weighted by molar-refractivity contribution is 6.51. The molecule has 1 saturated heterocycles. The highest BCUT2D eigenvalue weighted by atomic mass is 35.5. The summed E-state index contributed by atoms with van der Waals surface area (Å²) in [5.41, 5.74) is 6.17. The van der Waals surface area contributed by atoms with Crippen molar-refractivity contribution in [2.75, 3.05) is 6.61 Å². The third-order valence-corrected chi connectivity index (χ3v) is 7.63. The molecular weight excluding hydrogens is 457 g/mol. The number of nitrogens with one attached hydrogen (secondary N) is 1. The van der Waals surface area contributed by atoms with E-state index < -0.39 is 22.3 Å². The van der Waals surface area contributed by atoms with E-state index in [0.29, 0.717) is 29.7 Å². The Balaban J connectivity index is 1.34. The molecule has 5 atom stereocenters. The minimum absolute atomic E-state index is 0.0179. The summed E-state index contributed by atoms with van der Waals surface area (Å²) in [5.74, 6) is -1.17. The lowest BCUT2D eigenvalue weighted by Crippen LogP contribution is -2.52. The van der Waals surface area contributed by atoms with Crippen molar-refractivity contribution in [2.45, 2.75) is 48.3 Å². The SMILES string of the molecule is NC(=O)c1nn(CC(=O)N2[C@@H]3C[C@@H]3C[C@H]2C(=O)N[C@@H](CO)C2CC2(Cl)Cl)c2ccccc12. The second-order valence-corrected chi connectivity index (χ2v) is 10.4. The number of hydrogen-bond donors (Lipinski definition) is 3. The Morgan fingerprint density at radius 1 is 1.28 bits per heavy atom. The van der Waals surface area contributed by atoms with Gasteiger partial charge in [0.2, 0.25) is 11.8 Å². The molecule has 3 fully saturated rings. The Hall–Kier alpha value is -2.36. The van der Waals surface area contributed by atoms with Gasteiger partial charge in [0.05, 0.1) is 18.2 Å². The van der Waals surface area contributed by atoms with Crippen molar-refractivity contribution in [2.24, 2.45) is 17.6 Å². The Morgan fingerprint density at radius 3 is 2.66 bits per heavy atom. The molecule has 3 aliphatic rings. The average Bonchev–Trinajstić information content (AvgIpc) is 3.55. The number of hydrogen-bond acceptors (Lipinski definition) is 5. The molecule has 1 aromatic heterocycles. The van der Waals surface area contributed by atoms with E-state index in [-0.39, 0.29) is 42.6 Å². The molecule has 3 amide bonds. The smallest absolute Gasteiger partial charge is 0.269 e. The lowest BCUT2D eigenvalue weighted by molar-refractivity contribution is -0.140. The molecule has 4 N–H and O–H groups in total.